The van der Waals surface area contributed by atoms with Crippen LogP contribution < -0.4 is 4.74 Å². The minimum Gasteiger partial charge on any atom is -0.491 e. The summed E-state index contributed by atoms with van der Waals surface area (Å²) < 4.78 is 7.76. The zero-order valence-corrected chi connectivity index (χ0v) is 17.6. The third-order valence-electron chi connectivity index (χ3n) is 4.43. The molecule has 1 heterocycles. The predicted molar refractivity (Wildman–Crippen MR) is 113 cm³/mol. The maximum Gasteiger partial charge on any atom is 0.195 e. The van der Waals surface area contributed by atoms with E-state index in [0.29, 0.717) is 5.75 Å². The van der Waals surface area contributed by atoms with Crippen LogP contribution in [0, 0.1) is 6.92 Å². The van der Waals surface area contributed by atoms with Crippen molar-refractivity contribution in [2.24, 2.45) is 0 Å². The van der Waals surface area contributed by atoms with Gasteiger partial charge in [-0.05, 0) is 41.7 Å². The van der Waals surface area contributed by atoms with Gasteiger partial charge in [0, 0.05) is 11.4 Å². The number of thioether (sulfide) groups is 1. The molecule has 1 atom stereocenters. The Labute approximate surface area is 170 Å². The largest absolute Gasteiger partial charge is 0.491 e. The molecule has 0 fully saturated rings. The van der Waals surface area contributed by atoms with Crippen molar-refractivity contribution >= 4 is 11.8 Å². The zero-order chi connectivity index (χ0) is 20.1. The molecule has 0 saturated carbocycles. The van der Waals surface area contributed by atoms with Crippen LogP contribution in [0.4, 0.5) is 0 Å². The summed E-state index contributed by atoms with van der Waals surface area (Å²) in [5, 5.41) is 19.2. The second-order valence-corrected chi connectivity index (χ2v) is 8.81. The number of aryl methyl sites for hydroxylation is 1. The van der Waals surface area contributed by atoms with Crippen molar-refractivity contribution in [1.82, 2.24) is 14.8 Å². The van der Waals surface area contributed by atoms with Gasteiger partial charge in [0.25, 0.3) is 0 Å². The summed E-state index contributed by atoms with van der Waals surface area (Å²) in [5.74, 6) is 1.29. The van der Waals surface area contributed by atoms with Crippen LogP contribution >= 0.6 is 11.8 Å². The number of aliphatic hydroxyl groups is 1. The molecule has 0 aliphatic rings. The van der Waals surface area contributed by atoms with Crippen LogP contribution in [-0.2, 0) is 5.41 Å². The Morgan fingerprint density at radius 3 is 2.57 bits per heavy atom. The van der Waals surface area contributed by atoms with E-state index in [0.717, 1.165) is 22.2 Å². The van der Waals surface area contributed by atoms with Crippen LogP contribution in [0.15, 0.2) is 60.0 Å². The second-order valence-electron chi connectivity index (χ2n) is 7.83. The number of ether oxygens (including phenoxy) is 1. The average molecular weight is 398 g/mol. The molecule has 5 nitrogen and oxygen atoms in total. The fourth-order valence-corrected chi connectivity index (χ4v) is 3.61. The van der Waals surface area contributed by atoms with E-state index in [1.807, 2.05) is 47.9 Å². The first-order valence-corrected chi connectivity index (χ1v) is 10.3. The average Bonchev–Trinajstić information content (AvgIpc) is 3.14. The topological polar surface area (TPSA) is 60.2 Å². The minimum absolute atomic E-state index is 0.105. The molecule has 1 N–H and O–H groups in total. The SMILES string of the molecule is Cc1cc(C(C)(C)C)ccc1OCC(O)CSc1nncn1-c1ccccc1. The van der Waals surface area contributed by atoms with Gasteiger partial charge in [0.1, 0.15) is 18.7 Å². The Morgan fingerprint density at radius 1 is 1.14 bits per heavy atom. The molecule has 0 bridgehead atoms. The van der Waals surface area contributed by atoms with Gasteiger partial charge < -0.3 is 9.84 Å². The van der Waals surface area contributed by atoms with Gasteiger partial charge in [-0.1, -0.05) is 62.9 Å². The Bertz CT molecular complexity index is 904. The van der Waals surface area contributed by atoms with E-state index in [9.17, 15) is 5.11 Å². The Balaban J connectivity index is 1.55. The van der Waals surface area contributed by atoms with Crippen LogP contribution in [0.5, 0.6) is 5.75 Å². The van der Waals surface area contributed by atoms with E-state index in [-0.39, 0.29) is 12.0 Å². The van der Waals surface area contributed by atoms with Crippen LogP contribution in [0.2, 0.25) is 0 Å². The van der Waals surface area contributed by atoms with Crippen LogP contribution in [-0.4, -0.2) is 38.3 Å². The van der Waals surface area contributed by atoms with Crippen molar-refractivity contribution in [3.05, 3.63) is 66.0 Å². The first-order valence-electron chi connectivity index (χ1n) is 9.35. The van der Waals surface area contributed by atoms with E-state index in [2.05, 4.69) is 43.1 Å². The molecule has 0 aliphatic carbocycles. The highest BCUT2D eigenvalue weighted by Gasteiger charge is 2.16. The van der Waals surface area contributed by atoms with E-state index in [1.54, 1.807) is 6.33 Å². The first kappa shape index (κ1) is 20.4. The van der Waals surface area contributed by atoms with Crippen molar-refractivity contribution in [2.45, 2.75) is 44.4 Å². The maximum atomic E-state index is 10.3. The van der Waals surface area contributed by atoms with Crippen LogP contribution in [0.3, 0.4) is 0 Å². The van der Waals surface area contributed by atoms with Crippen LogP contribution in [0.25, 0.3) is 5.69 Å². The van der Waals surface area contributed by atoms with Crippen molar-refractivity contribution in [2.75, 3.05) is 12.4 Å². The highest BCUT2D eigenvalue weighted by atomic mass is 32.2. The molecule has 3 aromatic rings. The van der Waals surface area contributed by atoms with E-state index >= 15 is 0 Å². The summed E-state index contributed by atoms with van der Waals surface area (Å²) in [7, 11) is 0. The van der Waals surface area contributed by atoms with Gasteiger partial charge in [0.2, 0.25) is 0 Å². The summed E-state index contributed by atoms with van der Waals surface area (Å²) in [6.07, 6.45) is 1.08. The fourth-order valence-electron chi connectivity index (χ4n) is 2.77. The highest BCUT2D eigenvalue weighted by molar-refractivity contribution is 7.99. The Kier molecular flexibility index (Phi) is 6.42. The smallest absolute Gasteiger partial charge is 0.195 e. The molecular weight excluding hydrogens is 370 g/mol. The standard InChI is InChI=1S/C22H27N3O2S/c1-16-12-17(22(2,3)4)10-11-20(16)27-13-19(26)14-28-21-24-23-15-25(21)18-8-6-5-7-9-18/h5-12,15,19,26H,13-14H2,1-4H3. The minimum atomic E-state index is -0.604. The maximum absolute atomic E-state index is 10.3. The van der Waals surface area contributed by atoms with Crippen molar-refractivity contribution < 1.29 is 9.84 Å². The lowest BCUT2D eigenvalue weighted by Crippen LogP contribution is -2.21. The molecule has 0 spiro atoms. The van der Waals surface area contributed by atoms with Gasteiger partial charge >= 0.3 is 0 Å². The number of rotatable bonds is 7. The fraction of sp³-hybridized carbons (Fsp3) is 0.364. The molecule has 1 unspecified atom stereocenters. The molecule has 6 heteroatoms. The number of benzene rings is 2. The van der Waals surface area contributed by atoms with Crippen LogP contribution in [0.1, 0.15) is 31.9 Å². The number of para-hydroxylation sites is 1. The monoisotopic (exact) mass is 397 g/mol. The molecule has 2 aromatic carbocycles. The molecule has 1 aromatic heterocycles. The Morgan fingerprint density at radius 2 is 1.89 bits per heavy atom. The number of aliphatic hydroxyl groups excluding tert-OH is 1. The molecule has 0 aliphatic heterocycles. The van der Waals surface area contributed by atoms with Gasteiger partial charge in [0.15, 0.2) is 5.16 Å². The van der Waals surface area contributed by atoms with E-state index < -0.39 is 6.10 Å². The molecule has 148 valence electrons. The van der Waals surface area contributed by atoms with Crippen molar-refractivity contribution in [1.29, 1.82) is 0 Å². The van der Waals surface area contributed by atoms with E-state index in [4.69, 9.17) is 4.74 Å². The first-order chi connectivity index (χ1) is 13.3. The molecule has 28 heavy (non-hydrogen) atoms. The summed E-state index contributed by atoms with van der Waals surface area (Å²) >= 11 is 1.46. The quantitative estimate of drug-likeness (QED) is 0.599. The Hall–Kier alpha value is -2.31. The molecule has 0 amide bonds. The summed E-state index contributed by atoms with van der Waals surface area (Å²) in [4.78, 5) is 0. The second kappa shape index (κ2) is 8.80. The number of hydrogen-bond donors (Lipinski definition) is 1. The highest BCUT2D eigenvalue weighted by Crippen LogP contribution is 2.28. The lowest BCUT2D eigenvalue weighted by atomic mass is 9.86. The zero-order valence-electron chi connectivity index (χ0n) is 16.8. The lowest BCUT2D eigenvalue weighted by Gasteiger charge is -2.21. The summed E-state index contributed by atoms with van der Waals surface area (Å²) in [6.45, 7) is 8.85. The molecule has 0 saturated heterocycles. The van der Waals surface area contributed by atoms with Crippen molar-refractivity contribution in [3.8, 4) is 11.4 Å². The van der Waals surface area contributed by atoms with Crippen molar-refractivity contribution in [3.63, 3.8) is 0 Å². The molecular formula is C22H27N3O2S. The van der Waals surface area contributed by atoms with Gasteiger partial charge in [-0.25, -0.2) is 0 Å². The third kappa shape index (κ3) is 5.14. The molecule has 3 rings (SSSR count). The number of aromatic nitrogens is 3. The van der Waals surface area contributed by atoms with Gasteiger partial charge in [0.05, 0.1) is 6.10 Å². The van der Waals surface area contributed by atoms with Gasteiger partial charge in [-0.15, -0.1) is 10.2 Å². The third-order valence-corrected chi connectivity index (χ3v) is 5.52. The summed E-state index contributed by atoms with van der Waals surface area (Å²) in [5.41, 5.74) is 3.45. The predicted octanol–water partition coefficient (Wildman–Crippen LogP) is 4.41. The van der Waals surface area contributed by atoms with Gasteiger partial charge in [-0.2, -0.15) is 0 Å². The lowest BCUT2D eigenvalue weighted by molar-refractivity contribution is 0.126. The number of hydrogen-bond acceptors (Lipinski definition) is 5. The van der Waals surface area contributed by atoms with E-state index in [1.165, 1.54) is 17.3 Å². The number of nitrogens with zero attached hydrogens (tertiary/aromatic N) is 3. The molecule has 0 radical (unpaired) electrons. The summed E-state index contributed by atoms with van der Waals surface area (Å²) in [6, 6.07) is 16.1. The normalized spacial score (nSPS) is 12.8. The van der Waals surface area contributed by atoms with Gasteiger partial charge in [-0.3, -0.25) is 4.57 Å².